The minimum atomic E-state index is -0.739. The van der Waals surface area contributed by atoms with E-state index < -0.39 is 5.54 Å². The van der Waals surface area contributed by atoms with Gasteiger partial charge in [0.1, 0.15) is 23.4 Å². The SMILES string of the molecule is COc1cc2ncnc(Nc3cccc(CI)c3F)c2cc1CN(C)C1(C(N)=O)CNC1. The van der Waals surface area contributed by atoms with Crippen molar-refractivity contribution in [1.29, 1.82) is 0 Å². The zero-order chi connectivity index (χ0) is 22.9. The highest BCUT2D eigenvalue weighted by atomic mass is 127. The van der Waals surface area contributed by atoms with Crippen molar-refractivity contribution in [3.63, 3.8) is 0 Å². The van der Waals surface area contributed by atoms with E-state index in [-0.39, 0.29) is 11.7 Å². The fourth-order valence-electron chi connectivity index (χ4n) is 3.85. The Bertz CT molecular complexity index is 1170. The number of halogens is 2. The summed E-state index contributed by atoms with van der Waals surface area (Å²) in [6.45, 7) is 1.42. The third-order valence-corrected chi connectivity index (χ3v) is 6.77. The molecule has 0 aliphatic carbocycles. The van der Waals surface area contributed by atoms with Crippen LogP contribution in [0.15, 0.2) is 36.7 Å². The first-order chi connectivity index (χ1) is 15.4. The number of nitrogens with one attached hydrogen (secondary N) is 2. The Kier molecular flexibility index (Phi) is 6.45. The average Bonchev–Trinajstić information content (AvgIpc) is 2.74. The number of ether oxygens (including phenoxy) is 1. The number of primary amides is 1. The van der Waals surface area contributed by atoms with Crippen LogP contribution in [-0.4, -0.2) is 53.6 Å². The number of carbonyl (C=O) groups excluding carboxylic acids is 1. The van der Waals surface area contributed by atoms with E-state index in [1.807, 2.05) is 30.1 Å². The maximum atomic E-state index is 14.8. The van der Waals surface area contributed by atoms with Crippen molar-refractivity contribution in [1.82, 2.24) is 20.2 Å². The number of aromatic nitrogens is 2. The molecule has 0 bridgehead atoms. The number of fused-ring (bicyclic) bond motifs is 1. The van der Waals surface area contributed by atoms with E-state index in [4.69, 9.17) is 10.5 Å². The number of hydrogen-bond donors (Lipinski definition) is 3. The topological polar surface area (TPSA) is 105 Å². The van der Waals surface area contributed by atoms with Crippen LogP contribution in [-0.2, 0) is 15.8 Å². The zero-order valence-corrected chi connectivity index (χ0v) is 19.9. The minimum absolute atomic E-state index is 0.303. The summed E-state index contributed by atoms with van der Waals surface area (Å²) in [6.07, 6.45) is 1.43. The second-order valence-electron chi connectivity index (χ2n) is 7.80. The lowest BCUT2D eigenvalue weighted by molar-refractivity contribution is -0.133. The van der Waals surface area contributed by atoms with Crippen molar-refractivity contribution < 1.29 is 13.9 Å². The molecule has 1 saturated heterocycles. The van der Waals surface area contributed by atoms with Gasteiger partial charge in [0.25, 0.3) is 0 Å². The summed E-state index contributed by atoms with van der Waals surface area (Å²) in [5.74, 6) is 0.456. The monoisotopic (exact) mass is 550 g/mol. The van der Waals surface area contributed by atoms with Crippen LogP contribution in [0, 0.1) is 5.82 Å². The quantitative estimate of drug-likeness (QED) is 0.293. The first-order valence-electron chi connectivity index (χ1n) is 10.0. The van der Waals surface area contributed by atoms with Gasteiger partial charge in [0.15, 0.2) is 5.82 Å². The molecule has 0 saturated carbocycles. The Morgan fingerprint density at radius 3 is 2.75 bits per heavy atom. The molecule has 2 heterocycles. The molecule has 1 amide bonds. The van der Waals surface area contributed by atoms with E-state index in [0.717, 1.165) is 10.9 Å². The van der Waals surface area contributed by atoms with Crippen molar-refractivity contribution in [2.75, 3.05) is 32.6 Å². The molecule has 2 aromatic carbocycles. The number of nitrogens with two attached hydrogens (primary N) is 1. The molecular weight excluding hydrogens is 526 g/mol. The van der Waals surface area contributed by atoms with Gasteiger partial charge in [-0.25, -0.2) is 14.4 Å². The van der Waals surface area contributed by atoms with E-state index in [1.165, 1.54) is 6.33 Å². The van der Waals surface area contributed by atoms with Crippen LogP contribution in [0.25, 0.3) is 10.9 Å². The maximum Gasteiger partial charge on any atom is 0.240 e. The van der Waals surface area contributed by atoms with E-state index in [2.05, 4.69) is 43.2 Å². The number of methoxy groups -OCH3 is 1. The van der Waals surface area contributed by atoms with E-state index in [0.29, 0.717) is 52.4 Å². The van der Waals surface area contributed by atoms with Crippen LogP contribution in [0.1, 0.15) is 11.1 Å². The lowest BCUT2D eigenvalue weighted by Gasteiger charge is -2.46. The molecule has 0 spiro atoms. The highest BCUT2D eigenvalue weighted by molar-refractivity contribution is 14.1. The second kappa shape index (κ2) is 9.12. The van der Waals surface area contributed by atoms with Gasteiger partial charge in [-0.2, -0.15) is 0 Å². The fraction of sp³-hybridized carbons (Fsp3) is 0.318. The molecule has 4 N–H and O–H groups in total. The molecule has 1 fully saturated rings. The number of anilines is 2. The Labute approximate surface area is 198 Å². The number of carbonyl (C=O) groups is 1. The van der Waals surface area contributed by atoms with Crippen molar-refractivity contribution in [2.45, 2.75) is 16.5 Å². The smallest absolute Gasteiger partial charge is 0.240 e. The summed E-state index contributed by atoms with van der Waals surface area (Å²) < 4.78 is 20.9. The average molecular weight is 550 g/mol. The Morgan fingerprint density at radius 2 is 2.12 bits per heavy atom. The maximum absolute atomic E-state index is 14.8. The molecule has 1 aliphatic rings. The largest absolute Gasteiger partial charge is 0.496 e. The Balaban J connectivity index is 1.73. The van der Waals surface area contributed by atoms with Crippen LogP contribution < -0.4 is 21.1 Å². The van der Waals surface area contributed by atoms with Gasteiger partial charge in [-0.05, 0) is 24.7 Å². The first kappa shape index (κ1) is 22.6. The predicted octanol–water partition coefficient (Wildman–Crippen LogP) is 2.72. The van der Waals surface area contributed by atoms with E-state index in [1.54, 1.807) is 19.2 Å². The van der Waals surface area contributed by atoms with Crippen molar-refractivity contribution >= 4 is 50.9 Å². The van der Waals surface area contributed by atoms with Gasteiger partial charge >= 0.3 is 0 Å². The normalized spacial score (nSPS) is 14.9. The van der Waals surface area contributed by atoms with Crippen LogP contribution in [0.2, 0.25) is 0 Å². The molecule has 3 aromatic rings. The standard InChI is InChI=1S/C22H24FIN6O2/c1-30(22(21(25)31)10-26-11-22)9-14-6-15-17(7-18(14)32-2)27-12-28-20(15)29-16-5-3-4-13(8-24)19(16)23/h3-7,12,26H,8-11H2,1-2H3,(H2,25,31)(H,27,28,29). The van der Waals surface area contributed by atoms with Gasteiger partial charge < -0.3 is 21.1 Å². The summed E-state index contributed by atoms with van der Waals surface area (Å²) in [5.41, 5.74) is 7.40. The summed E-state index contributed by atoms with van der Waals surface area (Å²) in [4.78, 5) is 22.7. The number of nitrogens with zero attached hydrogens (tertiary/aromatic N) is 3. The first-order valence-corrected chi connectivity index (χ1v) is 11.6. The number of alkyl halides is 1. The van der Waals surface area contributed by atoms with Crippen molar-refractivity contribution in [3.8, 4) is 5.75 Å². The fourth-order valence-corrected chi connectivity index (χ4v) is 4.44. The van der Waals surface area contributed by atoms with Gasteiger partial charge in [-0.15, -0.1) is 0 Å². The van der Waals surface area contributed by atoms with Gasteiger partial charge in [-0.3, -0.25) is 9.69 Å². The molecule has 10 heteroatoms. The molecule has 0 unspecified atom stereocenters. The minimum Gasteiger partial charge on any atom is -0.496 e. The van der Waals surface area contributed by atoms with Crippen molar-refractivity contribution in [3.05, 3.63) is 53.6 Å². The summed E-state index contributed by atoms with van der Waals surface area (Å²) >= 11 is 2.13. The summed E-state index contributed by atoms with van der Waals surface area (Å²) in [7, 11) is 3.45. The van der Waals surface area contributed by atoms with Gasteiger partial charge in [0, 0.05) is 41.1 Å². The van der Waals surface area contributed by atoms with Crippen LogP contribution >= 0.6 is 22.6 Å². The van der Waals surface area contributed by atoms with Crippen molar-refractivity contribution in [2.24, 2.45) is 5.73 Å². The molecule has 1 aliphatic heterocycles. The molecule has 4 rings (SSSR count). The molecule has 32 heavy (non-hydrogen) atoms. The molecular formula is C22H24FIN6O2. The van der Waals surface area contributed by atoms with Crippen LogP contribution in [0.4, 0.5) is 15.9 Å². The van der Waals surface area contributed by atoms with Gasteiger partial charge in [-0.1, -0.05) is 34.7 Å². The molecule has 1 aromatic heterocycles. The third kappa shape index (κ3) is 3.97. The Morgan fingerprint density at radius 1 is 1.34 bits per heavy atom. The Hall–Kier alpha value is -2.57. The second-order valence-corrected chi connectivity index (χ2v) is 8.56. The van der Waals surface area contributed by atoms with E-state index in [9.17, 15) is 9.18 Å². The zero-order valence-electron chi connectivity index (χ0n) is 17.8. The number of rotatable bonds is 8. The van der Waals surface area contributed by atoms with E-state index >= 15 is 0 Å². The number of amides is 1. The molecule has 0 atom stereocenters. The predicted molar refractivity (Wildman–Crippen MR) is 130 cm³/mol. The number of benzene rings is 2. The third-order valence-electron chi connectivity index (χ3n) is 5.95. The van der Waals surface area contributed by atoms with Gasteiger partial charge in [0.2, 0.25) is 5.91 Å². The molecule has 8 nitrogen and oxygen atoms in total. The van der Waals surface area contributed by atoms with Crippen LogP contribution in [0.5, 0.6) is 5.75 Å². The molecule has 168 valence electrons. The summed E-state index contributed by atoms with van der Waals surface area (Å²) in [5, 5.41) is 6.95. The highest BCUT2D eigenvalue weighted by Gasteiger charge is 2.46. The highest BCUT2D eigenvalue weighted by Crippen LogP contribution is 2.33. The number of likely N-dealkylation sites (N-methyl/N-ethyl adjacent to an activating group) is 1. The molecule has 0 radical (unpaired) electrons. The lowest BCUT2D eigenvalue weighted by atomic mass is 9.89. The summed E-state index contributed by atoms with van der Waals surface area (Å²) in [6, 6.07) is 8.97. The number of hydrogen-bond acceptors (Lipinski definition) is 7. The van der Waals surface area contributed by atoms with Crippen LogP contribution in [0.3, 0.4) is 0 Å². The lowest BCUT2D eigenvalue weighted by Crippen LogP contribution is -2.73. The van der Waals surface area contributed by atoms with Gasteiger partial charge in [0.05, 0.1) is 18.3 Å².